The lowest BCUT2D eigenvalue weighted by molar-refractivity contribution is -0.108. The molecule has 7 heteroatoms. The van der Waals surface area contributed by atoms with Gasteiger partial charge >= 0.3 is 0 Å². The molecule has 0 spiro atoms. The molecule has 0 radical (unpaired) electrons. The van der Waals surface area contributed by atoms with Crippen LogP contribution in [0.4, 0.5) is 5.82 Å². The number of aromatic nitrogens is 3. The summed E-state index contributed by atoms with van der Waals surface area (Å²) >= 11 is 0. The van der Waals surface area contributed by atoms with Crippen LogP contribution in [-0.4, -0.2) is 51.6 Å². The van der Waals surface area contributed by atoms with Gasteiger partial charge in [-0.2, -0.15) is 4.98 Å². The minimum atomic E-state index is -0.707. The molecule has 2 aromatic heterocycles. The topological polar surface area (TPSA) is 84.5 Å². The Kier molecular flexibility index (Phi) is 3.50. The first-order chi connectivity index (χ1) is 11.1. The number of aliphatic hydroxyl groups is 1. The van der Waals surface area contributed by atoms with E-state index in [1.165, 1.54) is 6.33 Å². The summed E-state index contributed by atoms with van der Waals surface area (Å²) in [4.78, 5) is 10.9. The van der Waals surface area contributed by atoms with Crippen molar-refractivity contribution < 1.29 is 14.4 Å². The van der Waals surface area contributed by atoms with Crippen molar-refractivity contribution in [2.24, 2.45) is 5.92 Å². The molecule has 0 amide bonds. The van der Waals surface area contributed by atoms with E-state index in [1.807, 2.05) is 13.8 Å². The predicted octanol–water partition coefficient (Wildman–Crippen LogP) is 1.68. The van der Waals surface area contributed by atoms with Crippen LogP contribution < -0.4 is 4.90 Å². The molecule has 2 fully saturated rings. The number of nitrogens with zero attached hydrogens (tertiary/aromatic N) is 4. The van der Waals surface area contributed by atoms with Crippen molar-refractivity contribution in [1.82, 2.24) is 15.1 Å². The molecule has 0 bridgehead atoms. The van der Waals surface area contributed by atoms with Gasteiger partial charge in [0.1, 0.15) is 17.5 Å². The van der Waals surface area contributed by atoms with E-state index in [1.54, 1.807) is 0 Å². The number of fused-ring (bicyclic) bond motifs is 1. The van der Waals surface area contributed by atoms with Crippen LogP contribution in [0.15, 0.2) is 10.9 Å². The number of anilines is 1. The van der Waals surface area contributed by atoms with E-state index in [4.69, 9.17) is 9.26 Å². The van der Waals surface area contributed by atoms with Gasteiger partial charge in [-0.05, 0) is 33.1 Å². The smallest absolute Gasteiger partial charge is 0.263 e. The van der Waals surface area contributed by atoms with E-state index in [2.05, 4.69) is 20.0 Å². The summed E-state index contributed by atoms with van der Waals surface area (Å²) in [6.07, 6.45) is 4.30. The fourth-order valence-corrected chi connectivity index (χ4v) is 3.97. The lowest BCUT2D eigenvalue weighted by Crippen LogP contribution is -2.52. The van der Waals surface area contributed by atoms with Crippen LogP contribution in [0.25, 0.3) is 11.1 Å². The van der Waals surface area contributed by atoms with Crippen molar-refractivity contribution in [3.8, 4) is 0 Å². The maximum Gasteiger partial charge on any atom is 0.263 e. The molecule has 124 valence electrons. The van der Waals surface area contributed by atoms with Crippen LogP contribution in [0.3, 0.4) is 0 Å². The second kappa shape index (κ2) is 5.42. The average Bonchev–Trinajstić information content (AvgIpc) is 3.14. The van der Waals surface area contributed by atoms with E-state index in [9.17, 15) is 5.11 Å². The number of aryl methyl sites for hydroxylation is 1. The Labute approximate surface area is 134 Å². The van der Waals surface area contributed by atoms with Gasteiger partial charge in [-0.15, -0.1) is 0 Å². The maximum absolute atomic E-state index is 10.8. The predicted molar refractivity (Wildman–Crippen MR) is 84.3 cm³/mol. The minimum absolute atomic E-state index is 0.0731. The lowest BCUT2D eigenvalue weighted by atomic mass is 9.79. The quantitative estimate of drug-likeness (QED) is 0.901. The molecule has 4 heterocycles. The Morgan fingerprint density at radius 2 is 2.26 bits per heavy atom. The highest BCUT2D eigenvalue weighted by Crippen LogP contribution is 2.39. The van der Waals surface area contributed by atoms with Crippen molar-refractivity contribution in [3.05, 3.63) is 12.0 Å². The van der Waals surface area contributed by atoms with E-state index < -0.39 is 5.60 Å². The highest BCUT2D eigenvalue weighted by atomic mass is 16.5. The van der Waals surface area contributed by atoms with Gasteiger partial charge in [0.05, 0.1) is 17.9 Å². The lowest BCUT2D eigenvalue weighted by Gasteiger charge is -2.43. The maximum atomic E-state index is 10.8. The Bertz CT molecular complexity index is 714. The van der Waals surface area contributed by atoms with Gasteiger partial charge in [0.2, 0.25) is 0 Å². The van der Waals surface area contributed by atoms with Crippen molar-refractivity contribution in [2.45, 2.75) is 44.8 Å². The summed E-state index contributed by atoms with van der Waals surface area (Å²) < 4.78 is 10.9. The first kappa shape index (κ1) is 14.8. The van der Waals surface area contributed by atoms with Crippen molar-refractivity contribution in [2.75, 3.05) is 24.7 Å². The third-order valence-electron chi connectivity index (χ3n) is 5.31. The molecule has 2 aliphatic heterocycles. The second-order valence-electron chi connectivity index (χ2n) is 6.84. The molecule has 23 heavy (non-hydrogen) atoms. The van der Waals surface area contributed by atoms with Gasteiger partial charge < -0.3 is 19.3 Å². The number of hydrogen-bond acceptors (Lipinski definition) is 7. The van der Waals surface area contributed by atoms with Gasteiger partial charge in [-0.25, -0.2) is 4.98 Å². The normalized spacial score (nSPS) is 31.9. The Morgan fingerprint density at radius 3 is 3.09 bits per heavy atom. The molecule has 7 nitrogen and oxygen atoms in total. The highest BCUT2D eigenvalue weighted by Gasteiger charge is 2.45. The molecule has 0 aromatic carbocycles. The fraction of sp³-hybridized carbons (Fsp3) is 0.688. The monoisotopic (exact) mass is 318 g/mol. The fourth-order valence-electron chi connectivity index (χ4n) is 3.97. The summed E-state index contributed by atoms with van der Waals surface area (Å²) in [5.41, 5.74) is 0.610. The Morgan fingerprint density at radius 1 is 1.39 bits per heavy atom. The van der Waals surface area contributed by atoms with Crippen molar-refractivity contribution in [1.29, 1.82) is 0 Å². The third-order valence-corrected chi connectivity index (χ3v) is 5.31. The van der Waals surface area contributed by atoms with Crippen LogP contribution in [0.2, 0.25) is 0 Å². The molecule has 0 aliphatic carbocycles. The van der Waals surface area contributed by atoms with Crippen molar-refractivity contribution in [3.63, 3.8) is 0 Å². The molecule has 2 aromatic rings. The Hall–Kier alpha value is -1.73. The van der Waals surface area contributed by atoms with Gasteiger partial charge in [0.15, 0.2) is 0 Å². The summed E-state index contributed by atoms with van der Waals surface area (Å²) in [5.74, 6) is 0.932. The number of ether oxygens (including phenoxy) is 1. The molecular weight excluding hydrogens is 296 g/mol. The van der Waals surface area contributed by atoms with Crippen LogP contribution in [0, 0.1) is 12.8 Å². The van der Waals surface area contributed by atoms with Gasteiger partial charge in [-0.1, -0.05) is 5.16 Å². The first-order valence-electron chi connectivity index (χ1n) is 8.21. The highest BCUT2D eigenvalue weighted by molar-refractivity contribution is 5.88. The SMILES string of the molecule is Cc1noc2ncnc(N3CCC[C@@H]3[C@H]3COCC[C@]3(C)O)c12. The van der Waals surface area contributed by atoms with Gasteiger partial charge in [0, 0.05) is 25.1 Å². The summed E-state index contributed by atoms with van der Waals surface area (Å²) in [5, 5.41) is 15.7. The van der Waals surface area contributed by atoms with Crippen LogP contribution in [-0.2, 0) is 4.74 Å². The van der Waals surface area contributed by atoms with E-state index in [0.717, 1.165) is 36.3 Å². The Balaban J connectivity index is 1.74. The summed E-state index contributed by atoms with van der Waals surface area (Å²) in [6.45, 7) is 5.96. The molecular formula is C16H22N4O3. The van der Waals surface area contributed by atoms with Crippen LogP contribution in [0.1, 0.15) is 31.9 Å². The third kappa shape index (κ3) is 2.38. The number of rotatable bonds is 2. The molecule has 3 atom stereocenters. The van der Waals surface area contributed by atoms with Gasteiger partial charge in [-0.3, -0.25) is 0 Å². The molecule has 1 N–H and O–H groups in total. The summed E-state index contributed by atoms with van der Waals surface area (Å²) in [7, 11) is 0. The van der Waals surface area contributed by atoms with E-state index >= 15 is 0 Å². The molecule has 2 aliphatic rings. The van der Waals surface area contributed by atoms with E-state index in [0.29, 0.717) is 25.3 Å². The zero-order chi connectivity index (χ0) is 16.0. The molecule has 0 unspecified atom stereocenters. The zero-order valence-electron chi connectivity index (χ0n) is 13.5. The standard InChI is InChI=1S/C16H22N4O3/c1-10-13-14(17-9-18-15(13)23-19-10)20-6-3-4-12(20)11-8-22-7-5-16(11,2)21/h9,11-12,21H,3-8H2,1-2H3/t11-,12-,16+/m1/s1. The van der Waals surface area contributed by atoms with Crippen LogP contribution >= 0.6 is 0 Å². The number of hydrogen-bond donors (Lipinski definition) is 1. The average molecular weight is 318 g/mol. The largest absolute Gasteiger partial charge is 0.390 e. The summed E-state index contributed by atoms with van der Waals surface area (Å²) in [6, 6.07) is 0.206. The van der Waals surface area contributed by atoms with Gasteiger partial charge in [0.25, 0.3) is 5.71 Å². The second-order valence-corrected chi connectivity index (χ2v) is 6.84. The molecule has 0 saturated carbocycles. The zero-order valence-corrected chi connectivity index (χ0v) is 13.5. The molecule has 4 rings (SSSR count). The minimum Gasteiger partial charge on any atom is -0.390 e. The van der Waals surface area contributed by atoms with E-state index in [-0.39, 0.29) is 12.0 Å². The first-order valence-corrected chi connectivity index (χ1v) is 8.21. The molecule has 2 saturated heterocycles. The van der Waals surface area contributed by atoms with Crippen molar-refractivity contribution >= 4 is 16.9 Å². The van der Waals surface area contributed by atoms with Crippen LogP contribution in [0.5, 0.6) is 0 Å².